The summed E-state index contributed by atoms with van der Waals surface area (Å²) in [5.74, 6) is 0. The molecular weight excluding hydrogens is 649 g/mol. The number of hydrogen-bond donors (Lipinski definition) is 0. The maximum Gasteiger partial charge on any atom is 0.494 e. The lowest BCUT2D eigenvalue weighted by atomic mass is 9.49. The van der Waals surface area contributed by atoms with Crippen molar-refractivity contribution < 1.29 is 37.4 Å². The van der Waals surface area contributed by atoms with Crippen LogP contribution < -0.4 is 5.46 Å². The van der Waals surface area contributed by atoms with E-state index < -0.39 is 14.0 Å². The van der Waals surface area contributed by atoms with Crippen molar-refractivity contribution in [3.63, 3.8) is 0 Å². The van der Waals surface area contributed by atoms with Crippen LogP contribution in [0.2, 0.25) is 0 Å². The first kappa shape index (κ1) is 36.1. The average Bonchev–Trinajstić information content (AvgIpc) is 3.71. The SMILES string of the molecule is Brc1ccc2c(c1)COC2.CC1(C)OB(B2OC(C)(C)C(C)(C)O2)OC1(C)C.CC1(C)OB(c2ccc3c(c2)COC3)OC1(C)C. The minimum atomic E-state index is -0.476. The molecule has 0 amide bonds. The second-order valence-corrected chi connectivity index (χ2v) is 16.7. The summed E-state index contributed by atoms with van der Waals surface area (Å²) in [4.78, 5) is 0. The second kappa shape index (κ2) is 12.6. The first-order valence-electron chi connectivity index (χ1n) is 16.2. The highest BCUT2D eigenvalue weighted by atomic mass is 79.9. The van der Waals surface area contributed by atoms with E-state index in [2.05, 4.69) is 74.0 Å². The summed E-state index contributed by atoms with van der Waals surface area (Å²) >= 11 is 3.41. The average molecular weight is 699 g/mol. The Balaban J connectivity index is 0.000000142. The van der Waals surface area contributed by atoms with E-state index in [1.165, 1.54) is 22.3 Å². The number of hydrogen-bond acceptors (Lipinski definition) is 8. The van der Waals surface area contributed by atoms with Gasteiger partial charge in [-0.1, -0.05) is 40.2 Å². The summed E-state index contributed by atoms with van der Waals surface area (Å²) < 4.78 is 47.8. The number of ether oxygens (including phenoxy) is 2. The van der Waals surface area contributed by atoms with E-state index in [-0.39, 0.29) is 40.7 Å². The Morgan fingerprint density at radius 1 is 0.457 bits per heavy atom. The summed E-state index contributed by atoms with van der Waals surface area (Å²) in [7, 11) is -1.23. The Morgan fingerprint density at radius 2 is 0.804 bits per heavy atom. The largest absolute Gasteiger partial charge is 0.494 e. The van der Waals surface area contributed by atoms with Crippen LogP contribution in [0.4, 0.5) is 0 Å². The summed E-state index contributed by atoms with van der Waals surface area (Å²) in [6.07, 6.45) is 0. The molecule has 12 heteroatoms. The van der Waals surface area contributed by atoms with Crippen LogP contribution in [0.5, 0.6) is 0 Å². The Kier molecular flexibility index (Phi) is 9.88. The lowest BCUT2D eigenvalue weighted by molar-refractivity contribution is 0.00578. The molecule has 0 spiro atoms. The van der Waals surface area contributed by atoms with Crippen LogP contribution in [0, 0.1) is 0 Å². The molecule has 2 aromatic carbocycles. The third-order valence-electron chi connectivity index (χ3n) is 10.7. The van der Waals surface area contributed by atoms with Gasteiger partial charge in [-0.25, -0.2) is 0 Å². The highest BCUT2D eigenvalue weighted by Gasteiger charge is 2.63. The van der Waals surface area contributed by atoms with E-state index in [0.717, 1.165) is 29.8 Å². The first-order chi connectivity index (χ1) is 21.1. The molecule has 3 fully saturated rings. The van der Waals surface area contributed by atoms with Gasteiger partial charge in [-0.05, 0) is 123 Å². The van der Waals surface area contributed by atoms with Gasteiger partial charge >= 0.3 is 21.1 Å². The standard InChI is InChI=1S/C14H19BO3.C12H24B2O4.C8H7BrO/c1-13(2)14(3,4)18-15(17-13)12-6-5-10-8-16-9-11(10)7-12;1-9(2)10(3,4)16-13(15-9)14-17-11(5,6)12(7,8)18-14;9-8-2-1-6-4-10-5-7(6)3-8/h5-7H,8-9H2,1-4H3;1-8H3;1-3H,4-5H2. The monoisotopic (exact) mass is 698 g/mol. The van der Waals surface area contributed by atoms with Crippen molar-refractivity contribution in [2.24, 2.45) is 0 Å². The molecule has 0 aliphatic carbocycles. The highest BCUT2D eigenvalue weighted by molar-refractivity contribution is 9.10. The molecule has 7 rings (SSSR count). The van der Waals surface area contributed by atoms with E-state index in [1.807, 2.05) is 61.5 Å². The molecule has 5 aliphatic rings. The molecule has 250 valence electrons. The molecule has 46 heavy (non-hydrogen) atoms. The smallest absolute Gasteiger partial charge is 0.405 e. The zero-order valence-corrected chi connectivity index (χ0v) is 31.3. The van der Waals surface area contributed by atoms with Gasteiger partial charge in [0.25, 0.3) is 0 Å². The van der Waals surface area contributed by atoms with Gasteiger partial charge in [0.2, 0.25) is 0 Å². The molecule has 8 nitrogen and oxygen atoms in total. The molecule has 5 heterocycles. The molecular formula is C34H50B3BrO8. The molecule has 0 unspecified atom stereocenters. The van der Waals surface area contributed by atoms with Crippen LogP contribution in [0.15, 0.2) is 40.9 Å². The van der Waals surface area contributed by atoms with Crippen LogP contribution in [0.25, 0.3) is 0 Å². The van der Waals surface area contributed by atoms with Gasteiger partial charge in [-0.3, -0.25) is 0 Å². The fourth-order valence-electron chi connectivity index (χ4n) is 5.46. The quantitative estimate of drug-likeness (QED) is 0.320. The van der Waals surface area contributed by atoms with Crippen molar-refractivity contribution in [2.45, 2.75) is 143 Å². The third kappa shape index (κ3) is 7.21. The van der Waals surface area contributed by atoms with Crippen molar-refractivity contribution in [2.75, 3.05) is 0 Å². The van der Waals surface area contributed by atoms with Gasteiger partial charge in [0.05, 0.1) is 60.0 Å². The number of benzene rings is 2. The van der Waals surface area contributed by atoms with Gasteiger partial charge in [0, 0.05) is 4.47 Å². The van der Waals surface area contributed by atoms with E-state index in [4.69, 9.17) is 37.4 Å². The molecule has 0 N–H and O–H groups in total. The predicted molar refractivity (Wildman–Crippen MR) is 185 cm³/mol. The lowest BCUT2D eigenvalue weighted by Crippen LogP contribution is -2.41. The van der Waals surface area contributed by atoms with Crippen molar-refractivity contribution in [1.82, 2.24) is 0 Å². The van der Waals surface area contributed by atoms with Crippen LogP contribution in [0.3, 0.4) is 0 Å². The minimum absolute atomic E-state index is 0.277. The summed E-state index contributed by atoms with van der Waals surface area (Å²) in [5.41, 5.74) is 4.23. The fraction of sp³-hybridized carbons (Fsp3) is 0.647. The van der Waals surface area contributed by atoms with E-state index in [0.29, 0.717) is 6.61 Å². The second-order valence-electron chi connectivity index (χ2n) is 15.8. The minimum Gasteiger partial charge on any atom is -0.405 e. The first-order valence-corrected chi connectivity index (χ1v) is 17.0. The van der Waals surface area contributed by atoms with Crippen LogP contribution in [-0.2, 0) is 63.8 Å². The molecule has 0 radical (unpaired) electrons. The Morgan fingerprint density at radius 3 is 1.24 bits per heavy atom. The van der Waals surface area contributed by atoms with E-state index in [1.54, 1.807) is 0 Å². The number of rotatable bonds is 2. The molecule has 0 aromatic heterocycles. The Hall–Kier alpha value is -1.21. The zero-order chi connectivity index (χ0) is 33.9. The molecule has 2 aromatic rings. The maximum atomic E-state index is 6.05. The van der Waals surface area contributed by atoms with Gasteiger partial charge in [0.15, 0.2) is 0 Å². The molecule has 3 saturated heterocycles. The summed E-state index contributed by atoms with van der Waals surface area (Å²) in [5, 5.41) is 0. The van der Waals surface area contributed by atoms with Crippen molar-refractivity contribution in [3.8, 4) is 0 Å². The number of halogens is 1. The van der Waals surface area contributed by atoms with Crippen LogP contribution >= 0.6 is 15.9 Å². The van der Waals surface area contributed by atoms with Gasteiger partial charge in [-0.2, -0.15) is 0 Å². The predicted octanol–water partition coefficient (Wildman–Crippen LogP) is 6.74. The van der Waals surface area contributed by atoms with E-state index >= 15 is 0 Å². The van der Waals surface area contributed by atoms with Crippen LogP contribution in [0.1, 0.15) is 105 Å². The van der Waals surface area contributed by atoms with Gasteiger partial charge in [-0.15, -0.1) is 0 Å². The topological polar surface area (TPSA) is 73.8 Å². The maximum absolute atomic E-state index is 6.05. The molecule has 0 bridgehead atoms. The normalized spacial score (nSPS) is 25.4. The summed E-state index contributed by atoms with van der Waals surface area (Å²) in [6.45, 7) is 27.5. The highest BCUT2D eigenvalue weighted by Crippen LogP contribution is 2.43. The summed E-state index contributed by atoms with van der Waals surface area (Å²) in [6, 6.07) is 12.6. The Bertz CT molecular complexity index is 1350. The number of fused-ring (bicyclic) bond motifs is 2. The van der Waals surface area contributed by atoms with Crippen molar-refractivity contribution in [1.29, 1.82) is 0 Å². The lowest BCUT2D eigenvalue weighted by Gasteiger charge is -2.32. The van der Waals surface area contributed by atoms with Crippen molar-refractivity contribution >= 4 is 42.5 Å². The molecule has 0 saturated carbocycles. The van der Waals surface area contributed by atoms with Crippen molar-refractivity contribution in [3.05, 3.63) is 63.1 Å². The molecule has 5 aliphatic heterocycles. The van der Waals surface area contributed by atoms with Gasteiger partial charge in [0.1, 0.15) is 0 Å². The Labute approximate surface area is 285 Å². The zero-order valence-electron chi connectivity index (χ0n) is 29.7. The third-order valence-corrected chi connectivity index (χ3v) is 11.2. The van der Waals surface area contributed by atoms with Gasteiger partial charge < -0.3 is 37.4 Å². The van der Waals surface area contributed by atoms with E-state index in [9.17, 15) is 0 Å². The fourth-order valence-corrected chi connectivity index (χ4v) is 5.87. The molecule has 0 atom stereocenters. The van der Waals surface area contributed by atoms with Crippen LogP contribution in [-0.4, -0.2) is 54.7 Å².